The average molecular weight is 308 g/mol. The summed E-state index contributed by atoms with van der Waals surface area (Å²) < 4.78 is 6.74. The molecule has 0 atom stereocenters. The van der Waals surface area contributed by atoms with Crippen molar-refractivity contribution in [2.24, 2.45) is 5.73 Å². The minimum Gasteiger partial charge on any atom is -0.496 e. The highest BCUT2D eigenvalue weighted by atomic mass is 16.5. The number of ether oxygens (including phenoxy) is 1. The number of methoxy groups -OCH3 is 1. The minimum atomic E-state index is -0.167. The lowest BCUT2D eigenvalue weighted by molar-refractivity contribution is 0.0921. The van der Waals surface area contributed by atoms with E-state index in [1.54, 1.807) is 25.4 Å². The second-order valence-electron chi connectivity index (χ2n) is 5.16. The van der Waals surface area contributed by atoms with Crippen LogP contribution in [0.15, 0.2) is 42.6 Å². The summed E-state index contributed by atoms with van der Waals surface area (Å²) >= 11 is 0. The third-order valence-electron chi connectivity index (χ3n) is 3.68. The van der Waals surface area contributed by atoms with Crippen molar-refractivity contribution in [3.05, 3.63) is 48.2 Å². The first-order valence-electron chi connectivity index (χ1n) is 7.03. The van der Waals surface area contributed by atoms with Crippen molar-refractivity contribution in [3.63, 3.8) is 0 Å². The van der Waals surface area contributed by atoms with E-state index in [-0.39, 0.29) is 11.7 Å². The molecule has 0 aliphatic rings. The highest BCUT2D eigenvalue weighted by Gasteiger charge is 2.15. The molecule has 23 heavy (non-hydrogen) atoms. The van der Waals surface area contributed by atoms with Gasteiger partial charge in [-0.3, -0.25) is 10.2 Å². The number of nitrogen functional groups attached to an aromatic ring is 1. The molecule has 0 saturated carbocycles. The van der Waals surface area contributed by atoms with Crippen LogP contribution in [0.5, 0.6) is 5.75 Å². The number of carbonyl (C=O) groups is 1. The number of fused-ring (bicyclic) bond motifs is 1. The third-order valence-corrected chi connectivity index (χ3v) is 3.68. The molecule has 0 amide bonds. The Kier molecular flexibility index (Phi) is 3.57. The van der Waals surface area contributed by atoms with Gasteiger partial charge in [-0.25, -0.2) is 4.68 Å². The molecule has 0 aliphatic heterocycles. The van der Waals surface area contributed by atoms with Gasteiger partial charge >= 0.3 is 0 Å². The lowest BCUT2D eigenvalue weighted by Gasteiger charge is -2.11. The van der Waals surface area contributed by atoms with Crippen LogP contribution in [-0.2, 0) is 0 Å². The first-order valence-corrected chi connectivity index (χ1v) is 7.03. The molecular weight excluding hydrogens is 292 g/mol. The van der Waals surface area contributed by atoms with Crippen LogP contribution < -0.4 is 10.5 Å². The van der Waals surface area contributed by atoms with Gasteiger partial charge in [0.05, 0.1) is 18.4 Å². The summed E-state index contributed by atoms with van der Waals surface area (Å²) in [6.07, 6.45) is 1.62. The zero-order valence-electron chi connectivity index (χ0n) is 12.8. The van der Waals surface area contributed by atoms with Crippen molar-refractivity contribution in [1.82, 2.24) is 9.78 Å². The van der Waals surface area contributed by atoms with Gasteiger partial charge in [-0.1, -0.05) is 18.2 Å². The third kappa shape index (κ3) is 2.55. The number of amidine groups is 1. The van der Waals surface area contributed by atoms with Gasteiger partial charge < -0.3 is 10.5 Å². The molecule has 2 aromatic carbocycles. The molecule has 6 nitrogen and oxygen atoms in total. The SMILES string of the molecule is COc1ccc2ccc(C(=N)N)cc2c1-c1ccn(C(C)=O)n1. The van der Waals surface area contributed by atoms with Crippen LogP contribution in [0, 0.1) is 5.41 Å². The van der Waals surface area contributed by atoms with Crippen LogP contribution in [0.2, 0.25) is 0 Å². The Balaban J connectivity index is 2.32. The fraction of sp³-hybridized carbons (Fsp3) is 0.118. The van der Waals surface area contributed by atoms with Crippen LogP contribution in [0.1, 0.15) is 17.3 Å². The van der Waals surface area contributed by atoms with Crippen LogP contribution in [0.4, 0.5) is 0 Å². The van der Waals surface area contributed by atoms with Gasteiger partial charge in [0.25, 0.3) is 0 Å². The molecule has 1 aromatic heterocycles. The van der Waals surface area contributed by atoms with Crippen LogP contribution in [0.25, 0.3) is 22.0 Å². The summed E-state index contributed by atoms with van der Waals surface area (Å²) in [5, 5.41) is 13.8. The van der Waals surface area contributed by atoms with Gasteiger partial charge in [0.15, 0.2) is 0 Å². The number of benzene rings is 2. The summed E-state index contributed by atoms with van der Waals surface area (Å²) in [6.45, 7) is 1.45. The van der Waals surface area contributed by atoms with Gasteiger partial charge in [0.1, 0.15) is 11.6 Å². The van der Waals surface area contributed by atoms with E-state index in [0.717, 1.165) is 16.3 Å². The zero-order chi connectivity index (χ0) is 16.6. The van der Waals surface area contributed by atoms with Crippen LogP contribution in [-0.4, -0.2) is 28.6 Å². The molecule has 0 bridgehead atoms. The second-order valence-corrected chi connectivity index (χ2v) is 5.16. The molecule has 0 aliphatic carbocycles. The smallest absolute Gasteiger partial charge is 0.243 e. The second kappa shape index (κ2) is 5.57. The van der Waals surface area contributed by atoms with E-state index in [0.29, 0.717) is 17.0 Å². The Morgan fingerprint density at radius 2 is 2.00 bits per heavy atom. The van der Waals surface area contributed by atoms with Gasteiger partial charge in [0.2, 0.25) is 5.91 Å². The number of carbonyl (C=O) groups excluding carboxylic acids is 1. The zero-order valence-corrected chi connectivity index (χ0v) is 12.8. The predicted molar refractivity (Wildman–Crippen MR) is 89.0 cm³/mol. The van der Waals surface area contributed by atoms with Crippen LogP contribution >= 0.6 is 0 Å². The van der Waals surface area contributed by atoms with Gasteiger partial charge in [-0.05, 0) is 29.0 Å². The van der Waals surface area contributed by atoms with Crippen molar-refractivity contribution < 1.29 is 9.53 Å². The maximum absolute atomic E-state index is 11.5. The lowest BCUT2D eigenvalue weighted by atomic mass is 9.98. The first-order chi connectivity index (χ1) is 11.0. The molecule has 6 heteroatoms. The van der Waals surface area contributed by atoms with Crippen molar-refractivity contribution in [2.45, 2.75) is 6.92 Å². The topological polar surface area (TPSA) is 94.0 Å². The largest absolute Gasteiger partial charge is 0.496 e. The quantitative estimate of drug-likeness (QED) is 0.574. The summed E-state index contributed by atoms with van der Waals surface area (Å²) in [5.74, 6) is 0.474. The molecule has 3 aromatic rings. The Labute approximate surface area is 133 Å². The number of hydrogen-bond acceptors (Lipinski definition) is 4. The summed E-state index contributed by atoms with van der Waals surface area (Å²) in [5.41, 5.74) is 7.62. The van der Waals surface area contributed by atoms with Gasteiger partial charge in [-0.15, -0.1) is 0 Å². The number of nitrogens with zero attached hydrogens (tertiary/aromatic N) is 2. The molecule has 0 saturated heterocycles. The summed E-state index contributed by atoms with van der Waals surface area (Å²) in [7, 11) is 1.58. The Bertz CT molecular complexity index is 927. The molecule has 3 rings (SSSR count). The molecule has 1 heterocycles. The monoisotopic (exact) mass is 308 g/mol. The first kappa shape index (κ1) is 14.8. The molecule has 0 spiro atoms. The normalized spacial score (nSPS) is 10.7. The number of nitrogens with two attached hydrogens (primary N) is 1. The predicted octanol–water partition coefficient (Wildman–Crippen LogP) is 2.66. The molecule has 116 valence electrons. The molecule has 0 unspecified atom stereocenters. The van der Waals surface area contributed by atoms with Crippen molar-refractivity contribution in [3.8, 4) is 17.0 Å². The highest BCUT2D eigenvalue weighted by molar-refractivity contribution is 6.04. The lowest BCUT2D eigenvalue weighted by Crippen LogP contribution is -2.10. The van der Waals surface area contributed by atoms with E-state index in [1.165, 1.54) is 11.6 Å². The Hall–Kier alpha value is -3.15. The average Bonchev–Trinajstić information content (AvgIpc) is 3.02. The van der Waals surface area contributed by atoms with Gasteiger partial charge in [-0.2, -0.15) is 5.10 Å². The van der Waals surface area contributed by atoms with E-state index in [9.17, 15) is 4.79 Å². The maximum Gasteiger partial charge on any atom is 0.243 e. The molecule has 3 N–H and O–H groups in total. The van der Waals surface area contributed by atoms with E-state index in [4.69, 9.17) is 15.9 Å². The molecule has 0 radical (unpaired) electrons. The number of aromatic nitrogens is 2. The number of rotatable bonds is 3. The van der Waals surface area contributed by atoms with E-state index < -0.39 is 0 Å². The maximum atomic E-state index is 11.5. The van der Waals surface area contributed by atoms with Crippen molar-refractivity contribution in [1.29, 1.82) is 5.41 Å². The Morgan fingerprint density at radius 1 is 1.26 bits per heavy atom. The minimum absolute atomic E-state index is 0.00469. The Morgan fingerprint density at radius 3 is 2.61 bits per heavy atom. The molecule has 0 fully saturated rings. The fourth-order valence-corrected chi connectivity index (χ4v) is 2.53. The van der Waals surface area contributed by atoms with Crippen molar-refractivity contribution in [2.75, 3.05) is 7.11 Å². The number of hydrogen-bond donors (Lipinski definition) is 2. The van der Waals surface area contributed by atoms with E-state index >= 15 is 0 Å². The summed E-state index contributed by atoms with van der Waals surface area (Å²) in [6, 6.07) is 11.1. The van der Waals surface area contributed by atoms with Crippen LogP contribution in [0.3, 0.4) is 0 Å². The molecular formula is C17H16N4O2. The number of nitrogens with one attached hydrogen (secondary N) is 1. The van der Waals surface area contributed by atoms with Crippen molar-refractivity contribution >= 4 is 22.5 Å². The summed E-state index contributed by atoms with van der Waals surface area (Å²) in [4.78, 5) is 11.5. The standard InChI is InChI=1S/C17H16N4O2/c1-10(22)21-8-7-14(20-21)16-13-9-12(17(18)19)4-3-11(13)5-6-15(16)23-2/h3-9H,1-2H3,(H3,18,19). The van der Waals surface area contributed by atoms with E-state index in [2.05, 4.69) is 5.10 Å². The van der Waals surface area contributed by atoms with E-state index in [1.807, 2.05) is 24.3 Å². The highest BCUT2D eigenvalue weighted by Crippen LogP contribution is 2.36. The van der Waals surface area contributed by atoms with Gasteiger partial charge in [0, 0.05) is 18.7 Å². The fourth-order valence-electron chi connectivity index (χ4n) is 2.53.